The Morgan fingerprint density at radius 3 is 2.88 bits per heavy atom. The number of hydrogen-bond donors (Lipinski definition) is 2. The van der Waals surface area contributed by atoms with E-state index in [-0.39, 0.29) is 11.9 Å². The molecule has 0 radical (unpaired) electrons. The van der Waals surface area contributed by atoms with Crippen molar-refractivity contribution >= 4 is 5.91 Å². The van der Waals surface area contributed by atoms with Gasteiger partial charge in [0.1, 0.15) is 0 Å². The zero-order chi connectivity index (χ0) is 12.1. The summed E-state index contributed by atoms with van der Waals surface area (Å²) in [6.07, 6.45) is 2.39. The number of nitrogens with zero attached hydrogens (tertiary/aromatic N) is 1. The van der Waals surface area contributed by atoms with Crippen LogP contribution in [0, 0.1) is 5.92 Å². The summed E-state index contributed by atoms with van der Waals surface area (Å²) in [5, 5.41) is 2.88. The van der Waals surface area contributed by atoms with Gasteiger partial charge in [0, 0.05) is 19.1 Å². The molecule has 1 rings (SSSR count). The van der Waals surface area contributed by atoms with E-state index < -0.39 is 0 Å². The van der Waals surface area contributed by atoms with Crippen LogP contribution in [-0.2, 0) is 4.79 Å². The molecular formula is C12H25N3O. The topological polar surface area (TPSA) is 58.4 Å². The predicted octanol–water partition coefficient (Wildman–Crippen LogP) is 0.570. The lowest BCUT2D eigenvalue weighted by molar-refractivity contribution is -0.127. The average Bonchev–Trinajstić information content (AvgIpc) is 2.28. The minimum atomic E-state index is -0.0590. The molecule has 3 unspecified atom stereocenters. The van der Waals surface area contributed by atoms with Gasteiger partial charge in [0.15, 0.2) is 0 Å². The quantitative estimate of drug-likeness (QED) is 0.738. The first-order valence-corrected chi connectivity index (χ1v) is 6.35. The molecule has 1 fully saturated rings. The van der Waals surface area contributed by atoms with Gasteiger partial charge in [-0.05, 0) is 39.2 Å². The second-order valence-corrected chi connectivity index (χ2v) is 4.73. The van der Waals surface area contributed by atoms with Crippen LogP contribution in [0.4, 0.5) is 0 Å². The highest BCUT2D eigenvalue weighted by atomic mass is 16.2. The predicted molar refractivity (Wildman–Crippen MR) is 66.1 cm³/mol. The first-order chi connectivity index (χ1) is 7.61. The van der Waals surface area contributed by atoms with Crippen molar-refractivity contribution < 1.29 is 4.79 Å². The number of carbonyl (C=O) groups excluding carboxylic acids is 1. The number of nitrogens with one attached hydrogen (secondary N) is 1. The Hall–Kier alpha value is -0.610. The van der Waals surface area contributed by atoms with Crippen molar-refractivity contribution in [3.05, 3.63) is 0 Å². The largest absolute Gasteiger partial charge is 0.355 e. The van der Waals surface area contributed by atoms with Crippen molar-refractivity contribution in [3.8, 4) is 0 Å². The van der Waals surface area contributed by atoms with Crippen LogP contribution in [-0.4, -0.2) is 42.5 Å². The molecular weight excluding hydrogens is 202 g/mol. The molecule has 4 heteroatoms. The van der Waals surface area contributed by atoms with Gasteiger partial charge in [0.2, 0.25) is 5.91 Å². The van der Waals surface area contributed by atoms with Crippen LogP contribution in [0.5, 0.6) is 0 Å². The lowest BCUT2D eigenvalue weighted by Crippen LogP contribution is -2.56. The van der Waals surface area contributed by atoms with Gasteiger partial charge in [0.05, 0.1) is 6.04 Å². The van der Waals surface area contributed by atoms with Crippen LogP contribution in [0.2, 0.25) is 0 Å². The molecule has 0 aliphatic carbocycles. The Morgan fingerprint density at radius 2 is 2.31 bits per heavy atom. The summed E-state index contributed by atoms with van der Waals surface area (Å²) in [6.45, 7) is 8.49. The van der Waals surface area contributed by atoms with E-state index in [4.69, 9.17) is 5.73 Å². The Labute approximate surface area is 98.6 Å². The van der Waals surface area contributed by atoms with E-state index in [2.05, 4.69) is 17.1 Å². The van der Waals surface area contributed by atoms with E-state index in [1.807, 2.05) is 13.8 Å². The fourth-order valence-corrected chi connectivity index (χ4v) is 2.60. The van der Waals surface area contributed by atoms with Gasteiger partial charge in [-0.25, -0.2) is 0 Å². The molecule has 1 heterocycles. The SMILES string of the molecule is CCNC(=O)C(C)N1CCCC(C)C1CN. The fraction of sp³-hybridized carbons (Fsp3) is 0.917. The van der Waals surface area contributed by atoms with Crippen LogP contribution in [0.3, 0.4) is 0 Å². The van der Waals surface area contributed by atoms with Gasteiger partial charge < -0.3 is 11.1 Å². The molecule has 1 amide bonds. The summed E-state index contributed by atoms with van der Waals surface area (Å²) in [4.78, 5) is 14.1. The third-order valence-electron chi connectivity index (χ3n) is 3.63. The molecule has 1 saturated heterocycles. The minimum absolute atomic E-state index is 0.0590. The molecule has 1 aliphatic heterocycles. The highest BCUT2D eigenvalue weighted by Gasteiger charge is 2.32. The highest BCUT2D eigenvalue weighted by Crippen LogP contribution is 2.24. The van der Waals surface area contributed by atoms with E-state index in [0.717, 1.165) is 6.54 Å². The number of piperidine rings is 1. The summed E-state index contributed by atoms with van der Waals surface area (Å²) < 4.78 is 0. The van der Waals surface area contributed by atoms with Crippen molar-refractivity contribution in [1.82, 2.24) is 10.2 Å². The second-order valence-electron chi connectivity index (χ2n) is 4.73. The first kappa shape index (κ1) is 13.5. The van der Waals surface area contributed by atoms with Crippen molar-refractivity contribution in [2.75, 3.05) is 19.6 Å². The maximum Gasteiger partial charge on any atom is 0.237 e. The van der Waals surface area contributed by atoms with Crippen molar-refractivity contribution in [3.63, 3.8) is 0 Å². The molecule has 0 spiro atoms. The van der Waals surface area contributed by atoms with Crippen LogP contribution >= 0.6 is 0 Å². The van der Waals surface area contributed by atoms with E-state index in [1.165, 1.54) is 12.8 Å². The monoisotopic (exact) mass is 227 g/mol. The Kier molecular flexibility index (Phi) is 5.22. The standard InChI is InChI=1S/C12H25N3O/c1-4-14-12(16)10(3)15-7-5-6-9(2)11(15)8-13/h9-11H,4-8,13H2,1-3H3,(H,14,16). The lowest BCUT2D eigenvalue weighted by Gasteiger charge is -2.42. The molecule has 16 heavy (non-hydrogen) atoms. The van der Waals surface area contributed by atoms with E-state index in [9.17, 15) is 4.79 Å². The third kappa shape index (κ3) is 2.95. The number of rotatable bonds is 4. The molecule has 0 aromatic rings. The van der Waals surface area contributed by atoms with Gasteiger partial charge in [-0.3, -0.25) is 9.69 Å². The molecule has 0 aromatic carbocycles. The Bertz CT molecular complexity index is 232. The van der Waals surface area contributed by atoms with E-state index in [0.29, 0.717) is 25.0 Å². The normalized spacial score (nSPS) is 28.8. The lowest BCUT2D eigenvalue weighted by atomic mass is 9.89. The number of carbonyl (C=O) groups is 1. The van der Waals surface area contributed by atoms with Gasteiger partial charge in [-0.1, -0.05) is 6.92 Å². The van der Waals surface area contributed by atoms with E-state index in [1.54, 1.807) is 0 Å². The number of likely N-dealkylation sites (tertiary alicyclic amines) is 1. The van der Waals surface area contributed by atoms with Gasteiger partial charge in [0.25, 0.3) is 0 Å². The number of amides is 1. The highest BCUT2D eigenvalue weighted by molar-refractivity contribution is 5.81. The van der Waals surface area contributed by atoms with Gasteiger partial charge >= 0.3 is 0 Å². The van der Waals surface area contributed by atoms with Crippen LogP contribution in [0.15, 0.2) is 0 Å². The second kappa shape index (κ2) is 6.21. The number of nitrogens with two attached hydrogens (primary N) is 1. The van der Waals surface area contributed by atoms with Crippen molar-refractivity contribution in [1.29, 1.82) is 0 Å². The fourth-order valence-electron chi connectivity index (χ4n) is 2.60. The van der Waals surface area contributed by atoms with Crippen molar-refractivity contribution in [2.24, 2.45) is 11.7 Å². The maximum absolute atomic E-state index is 11.8. The Balaban J connectivity index is 2.64. The third-order valence-corrected chi connectivity index (χ3v) is 3.63. The van der Waals surface area contributed by atoms with Gasteiger partial charge in [-0.15, -0.1) is 0 Å². The summed E-state index contributed by atoms with van der Waals surface area (Å²) >= 11 is 0. The summed E-state index contributed by atoms with van der Waals surface area (Å²) in [5.41, 5.74) is 5.82. The summed E-state index contributed by atoms with van der Waals surface area (Å²) in [5.74, 6) is 0.714. The van der Waals surface area contributed by atoms with Crippen LogP contribution < -0.4 is 11.1 Å². The summed E-state index contributed by atoms with van der Waals surface area (Å²) in [7, 11) is 0. The molecule has 1 aliphatic rings. The molecule has 0 bridgehead atoms. The number of likely N-dealkylation sites (N-methyl/N-ethyl adjacent to an activating group) is 1. The van der Waals surface area contributed by atoms with Crippen LogP contribution in [0.1, 0.15) is 33.6 Å². The maximum atomic E-state index is 11.8. The zero-order valence-corrected chi connectivity index (χ0v) is 10.7. The van der Waals surface area contributed by atoms with Crippen LogP contribution in [0.25, 0.3) is 0 Å². The van der Waals surface area contributed by atoms with E-state index >= 15 is 0 Å². The molecule has 94 valence electrons. The molecule has 4 nitrogen and oxygen atoms in total. The zero-order valence-electron chi connectivity index (χ0n) is 10.7. The smallest absolute Gasteiger partial charge is 0.237 e. The first-order valence-electron chi connectivity index (χ1n) is 6.35. The molecule has 0 saturated carbocycles. The number of hydrogen-bond acceptors (Lipinski definition) is 3. The Morgan fingerprint density at radius 1 is 1.62 bits per heavy atom. The van der Waals surface area contributed by atoms with Gasteiger partial charge in [-0.2, -0.15) is 0 Å². The average molecular weight is 227 g/mol. The molecule has 3 N–H and O–H groups in total. The van der Waals surface area contributed by atoms with Crippen molar-refractivity contribution in [2.45, 2.75) is 45.7 Å². The molecule has 0 aromatic heterocycles. The summed E-state index contributed by atoms with van der Waals surface area (Å²) in [6, 6.07) is 0.294. The minimum Gasteiger partial charge on any atom is -0.355 e. The molecule has 3 atom stereocenters.